The van der Waals surface area contributed by atoms with E-state index in [4.69, 9.17) is 19.9 Å². The van der Waals surface area contributed by atoms with Crippen molar-refractivity contribution in [2.45, 2.75) is 19.8 Å². The number of nitrogens with two attached hydrogens (primary N) is 1. The molecular weight excluding hydrogens is 394 g/mol. The minimum Gasteiger partial charge on any atom is -0.464 e. The molecule has 0 aromatic heterocycles. The van der Waals surface area contributed by atoms with E-state index >= 15 is 0 Å². The van der Waals surface area contributed by atoms with Crippen LogP contribution >= 0.6 is 0 Å². The molecule has 10 heteroatoms. The summed E-state index contributed by atoms with van der Waals surface area (Å²) in [6, 6.07) is 5.79. The maximum absolute atomic E-state index is 12.9. The monoisotopic (exact) mass is 419 g/mol. The third kappa shape index (κ3) is 5.28. The maximum atomic E-state index is 12.9. The van der Waals surface area contributed by atoms with Gasteiger partial charge in [-0.15, -0.1) is 0 Å². The van der Waals surface area contributed by atoms with Gasteiger partial charge in [0.1, 0.15) is 19.1 Å². The molecule has 1 heterocycles. The fourth-order valence-corrected chi connectivity index (χ4v) is 3.34. The van der Waals surface area contributed by atoms with Gasteiger partial charge in [-0.3, -0.25) is 19.9 Å². The summed E-state index contributed by atoms with van der Waals surface area (Å²) >= 11 is 0. The van der Waals surface area contributed by atoms with Gasteiger partial charge in [-0.2, -0.15) is 0 Å². The lowest BCUT2D eigenvalue weighted by atomic mass is 9.75. The molecule has 162 valence electrons. The molecule has 2 atom stereocenters. The first-order chi connectivity index (χ1) is 14.3. The van der Waals surface area contributed by atoms with Crippen molar-refractivity contribution in [2.75, 3.05) is 33.5 Å². The first kappa shape index (κ1) is 23.2. The van der Waals surface area contributed by atoms with Crippen molar-refractivity contribution in [3.63, 3.8) is 0 Å². The minimum absolute atomic E-state index is 0.000581. The van der Waals surface area contributed by atoms with Gasteiger partial charge in [-0.25, -0.2) is 4.79 Å². The number of hydrogen-bond donors (Lipinski definition) is 1. The lowest BCUT2D eigenvalue weighted by Gasteiger charge is -2.31. The lowest BCUT2D eigenvalue weighted by Crippen LogP contribution is -2.37. The van der Waals surface area contributed by atoms with Gasteiger partial charge >= 0.3 is 11.9 Å². The van der Waals surface area contributed by atoms with Crippen molar-refractivity contribution in [1.82, 2.24) is 0 Å². The maximum Gasteiger partial charge on any atom is 0.336 e. The predicted molar refractivity (Wildman–Crippen MR) is 108 cm³/mol. The number of nitro benzene ring substituents is 1. The van der Waals surface area contributed by atoms with Gasteiger partial charge in [0.2, 0.25) is 0 Å². The molecule has 0 saturated heterocycles. The molecule has 0 saturated carbocycles. The number of non-ortho nitro benzene ring substituents is 1. The van der Waals surface area contributed by atoms with Crippen molar-refractivity contribution >= 4 is 23.3 Å². The minimum atomic E-state index is -0.952. The van der Waals surface area contributed by atoms with E-state index in [1.807, 2.05) is 0 Å². The summed E-state index contributed by atoms with van der Waals surface area (Å²) < 4.78 is 15.4. The quantitative estimate of drug-likeness (QED) is 0.276. The second-order valence-corrected chi connectivity index (χ2v) is 6.64. The Balaban J connectivity index is 2.56. The number of benzene rings is 1. The molecule has 1 aromatic carbocycles. The number of aliphatic imine (C=N–C) groups is 1. The fraction of sp³-hybridized carbons (Fsp3) is 0.450. The molecule has 1 aromatic rings. The third-order valence-corrected chi connectivity index (χ3v) is 4.63. The normalized spacial score (nSPS) is 18.6. The molecule has 1 aliphatic rings. The van der Waals surface area contributed by atoms with Gasteiger partial charge < -0.3 is 19.9 Å². The number of allylic oxidation sites excluding steroid dienone is 1. The van der Waals surface area contributed by atoms with E-state index in [-0.39, 0.29) is 37.6 Å². The third-order valence-electron chi connectivity index (χ3n) is 4.63. The van der Waals surface area contributed by atoms with E-state index in [1.165, 1.54) is 25.3 Å². The van der Waals surface area contributed by atoms with Crippen molar-refractivity contribution in [3.05, 3.63) is 51.2 Å². The van der Waals surface area contributed by atoms with Crippen LogP contribution in [-0.2, 0) is 23.8 Å². The zero-order valence-electron chi connectivity index (χ0n) is 17.1. The molecule has 2 unspecified atom stereocenters. The van der Waals surface area contributed by atoms with Crippen LogP contribution in [0.3, 0.4) is 0 Å². The average Bonchev–Trinajstić information content (AvgIpc) is 2.71. The van der Waals surface area contributed by atoms with Crippen LogP contribution in [-0.4, -0.2) is 56.0 Å². The van der Waals surface area contributed by atoms with E-state index in [9.17, 15) is 19.7 Å². The Hall–Kier alpha value is -3.11. The summed E-state index contributed by atoms with van der Waals surface area (Å²) in [7, 11) is 1.47. The molecule has 0 amide bonds. The van der Waals surface area contributed by atoms with E-state index < -0.39 is 28.7 Å². The number of carbonyl (C=O) groups is 2. The highest BCUT2D eigenvalue weighted by Crippen LogP contribution is 2.40. The highest BCUT2D eigenvalue weighted by atomic mass is 16.6. The van der Waals surface area contributed by atoms with Crippen LogP contribution in [0.25, 0.3) is 0 Å². The summed E-state index contributed by atoms with van der Waals surface area (Å²) in [5, 5.41) is 11.3. The zero-order chi connectivity index (χ0) is 22.3. The molecule has 1 aliphatic heterocycles. The van der Waals surface area contributed by atoms with Crippen LogP contribution in [0.4, 0.5) is 5.69 Å². The molecule has 0 spiro atoms. The van der Waals surface area contributed by atoms with Crippen LogP contribution in [0.5, 0.6) is 0 Å². The van der Waals surface area contributed by atoms with E-state index in [1.54, 1.807) is 19.9 Å². The second-order valence-electron chi connectivity index (χ2n) is 6.64. The number of methoxy groups -OCH3 is 1. The lowest BCUT2D eigenvalue weighted by molar-refractivity contribution is -0.384. The molecule has 2 N–H and O–H groups in total. The van der Waals surface area contributed by atoms with Gasteiger partial charge in [-0.05, 0) is 19.4 Å². The van der Waals surface area contributed by atoms with Crippen molar-refractivity contribution < 1.29 is 28.7 Å². The summed E-state index contributed by atoms with van der Waals surface area (Å²) in [5.74, 6) is -3.10. The average molecular weight is 419 g/mol. The highest BCUT2D eigenvalue weighted by Gasteiger charge is 2.42. The van der Waals surface area contributed by atoms with E-state index in [0.29, 0.717) is 17.0 Å². The molecule has 0 radical (unpaired) electrons. The summed E-state index contributed by atoms with van der Waals surface area (Å²) in [4.78, 5) is 40.8. The molecular formula is C20H25N3O7. The van der Waals surface area contributed by atoms with Gasteiger partial charge in [-0.1, -0.05) is 12.1 Å². The number of esters is 2. The highest BCUT2D eigenvalue weighted by molar-refractivity contribution is 6.07. The van der Waals surface area contributed by atoms with Gasteiger partial charge in [0.25, 0.3) is 5.69 Å². The van der Waals surface area contributed by atoms with Crippen LogP contribution in [0.2, 0.25) is 0 Å². The van der Waals surface area contributed by atoms with Crippen LogP contribution < -0.4 is 5.73 Å². The SMILES string of the molecule is COCCOC(=O)C1=C(C)N=C(C)C(C(=O)OCCN)C1c1cccc([N+](=O)[O-])c1. The Morgan fingerprint density at radius 3 is 2.57 bits per heavy atom. The number of carbonyl (C=O) groups excluding carboxylic acids is 2. The van der Waals surface area contributed by atoms with Crippen molar-refractivity contribution in [2.24, 2.45) is 16.6 Å². The van der Waals surface area contributed by atoms with Gasteiger partial charge in [0.05, 0.1) is 17.1 Å². The smallest absolute Gasteiger partial charge is 0.336 e. The molecule has 10 nitrogen and oxygen atoms in total. The summed E-state index contributed by atoms with van der Waals surface area (Å²) in [6.45, 7) is 3.62. The fourth-order valence-electron chi connectivity index (χ4n) is 3.34. The van der Waals surface area contributed by atoms with E-state index in [0.717, 1.165) is 0 Å². The first-order valence-electron chi connectivity index (χ1n) is 9.34. The van der Waals surface area contributed by atoms with Crippen molar-refractivity contribution in [3.8, 4) is 0 Å². The Morgan fingerprint density at radius 1 is 1.20 bits per heavy atom. The second kappa shape index (κ2) is 10.6. The first-order valence-corrected chi connectivity index (χ1v) is 9.34. The Bertz CT molecular complexity index is 879. The number of nitrogens with zero attached hydrogens (tertiary/aromatic N) is 2. The molecule has 0 fully saturated rings. The van der Waals surface area contributed by atoms with Gasteiger partial charge in [0, 0.05) is 43.1 Å². The van der Waals surface area contributed by atoms with E-state index in [2.05, 4.69) is 4.99 Å². The topological polar surface area (TPSA) is 143 Å². The summed E-state index contributed by atoms with van der Waals surface area (Å²) in [5.41, 5.74) is 6.62. The Morgan fingerprint density at radius 2 is 1.93 bits per heavy atom. The number of nitro groups is 1. The van der Waals surface area contributed by atoms with Crippen LogP contribution in [0, 0.1) is 16.0 Å². The van der Waals surface area contributed by atoms with Crippen LogP contribution in [0.15, 0.2) is 40.5 Å². The molecule has 2 rings (SSSR count). The largest absolute Gasteiger partial charge is 0.464 e. The Kier molecular flexibility index (Phi) is 8.19. The number of rotatable bonds is 9. The molecule has 0 aliphatic carbocycles. The number of hydrogen-bond acceptors (Lipinski definition) is 9. The standard InChI is InChI=1S/C20H25N3O7/c1-12-16(19(24)29-8-7-21)18(14-5-4-6-15(11-14)23(26)27)17(13(2)22-12)20(25)30-10-9-28-3/h4-6,11,16,18H,7-10,21H2,1-3H3. The molecule has 30 heavy (non-hydrogen) atoms. The zero-order valence-corrected chi connectivity index (χ0v) is 17.1. The van der Waals surface area contributed by atoms with Crippen LogP contribution in [0.1, 0.15) is 25.3 Å². The predicted octanol–water partition coefficient (Wildman–Crippen LogP) is 1.73. The Labute approximate surface area is 173 Å². The summed E-state index contributed by atoms with van der Waals surface area (Å²) in [6.07, 6.45) is 0. The van der Waals surface area contributed by atoms with Gasteiger partial charge in [0.15, 0.2) is 0 Å². The number of ether oxygens (including phenoxy) is 3. The molecule has 0 bridgehead atoms. The van der Waals surface area contributed by atoms with Crippen molar-refractivity contribution in [1.29, 1.82) is 0 Å².